The lowest BCUT2D eigenvalue weighted by Gasteiger charge is -2.22. The first-order valence-electron chi connectivity index (χ1n) is 7.54. The maximum Gasteiger partial charge on any atom is 0.337 e. The molecule has 0 atom stereocenters. The van der Waals surface area contributed by atoms with Gasteiger partial charge in [0.1, 0.15) is 0 Å². The number of carboxylic acids is 1. The van der Waals surface area contributed by atoms with Gasteiger partial charge in [-0.05, 0) is 31.0 Å². The van der Waals surface area contributed by atoms with Gasteiger partial charge in [-0.2, -0.15) is 4.31 Å². The van der Waals surface area contributed by atoms with E-state index in [0.29, 0.717) is 18.8 Å². The summed E-state index contributed by atoms with van der Waals surface area (Å²) < 4.78 is 26.4. The average molecular weight is 326 g/mol. The van der Waals surface area contributed by atoms with Crippen LogP contribution in [0.25, 0.3) is 0 Å². The first-order chi connectivity index (χ1) is 10.4. The van der Waals surface area contributed by atoms with Crippen LogP contribution in [0.1, 0.15) is 37.0 Å². The van der Waals surface area contributed by atoms with Gasteiger partial charge in [0.25, 0.3) is 0 Å². The van der Waals surface area contributed by atoms with Crippen molar-refractivity contribution in [2.24, 2.45) is 0 Å². The Morgan fingerprint density at radius 2 is 1.82 bits per heavy atom. The molecule has 1 aromatic rings. The second-order valence-corrected chi connectivity index (χ2v) is 7.21. The normalized spacial score (nSPS) is 15.5. The van der Waals surface area contributed by atoms with Gasteiger partial charge in [0.2, 0.25) is 10.0 Å². The number of carbonyl (C=O) groups is 1. The predicted molar refractivity (Wildman–Crippen MR) is 85.0 cm³/mol. The van der Waals surface area contributed by atoms with Crippen LogP contribution >= 0.6 is 0 Å². The maximum absolute atomic E-state index is 12.5. The van der Waals surface area contributed by atoms with Crippen molar-refractivity contribution < 1.29 is 18.3 Å². The van der Waals surface area contributed by atoms with Crippen molar-refractivity contribution in [1.29, 1.82) is 0 Å². The van der Waals surface area contributed by atoms with E-state index in [2.05, 4.69) is 0 Å². The molecule has 0 bridgehead atoms. The molecular weight excluding hydrogens is 304 g/mol. The second-order valence-electron chi connectivity index (χ2n) is 5.27. The van der Waals surface area contributed by atoms with Crippen molar-refractivity contribution >= 4 is 21.7 Å². The molecule has 1 N–H and O–H groups in total. The van der Waals surface area contributed by atoms with Crippen molar-refractivity contribution in [3.05, 3.63) is 23.8 Å². The minimum Gasteiger partial charge on any atom is -0.478 e. The molecule has 1 saturated heterocycles. The topological polar surface area (TPSA) is 77.9 Å². The lowest BCUT2D eigenvalue weighted by Crippen LogP contribution is -2.31. The minimum absolute atomic E-state index is 0.0385. The number of hydrogen-bond acceptors (Lipinski definition) is 4. The Morgan fingerprint density at radius 3 is 2.32 bits per heavy atom. The highest BCUT2D eigenvalue weighted by atomic mass is 32.2. The van der Waals surface area contributed by atoms with E-state index in [1.165, 1.54) is 16.4 Å². The van der Waals surface area contributed by atoms with E-state index in [4.69, 9.17) is 0 Å². The molecule has 22 heavy (non-hydrogen) atoms. The second kappa shape index (κ2) is 6.66. The van der Waals surface area contributed by atoms with Crippen LogP contribution in [0.15, 0.2) is 23.1 Å². The number of rotatable bonds is 6. The monoisotopic (exact) mass is 326 g/mol. The summed E-state index contributed by atoms with van der Waals surface area (Å²) in [7, 11) is -3.65. The molecule has 0 aliphatic carbocycles. The van der Waals surface area contributed by atoms with Crippen molar-refractivity contribution in [3.8, 4) is 0 Å². The Morgan fingerprint density at radius 1 is 1.23 bits per heavy atom. The largest absolute Gasteiger partial charge is 0.478 e. The molecule has 6 nitrogen and oxygen atoms in total. The first-order valence-corrected chi connectivity index (χ1v) is 8.98. The summed E-state index contributed by atoms with van der Waals surface area (Å²) in [4.78, 5) is 13.6. The van der Waals surface area contributed by atoms with Gasteiger partial charge in [0.05, 0.1) is 16.1 Å². The highest BCUT2D eigenvalue weighted by Crippen LogP contribution is 2.28. The Bertz CT molecular complexity index is 648. The van der Waals surface area contributed by atoms with E-state index < -0.39 is 16.0 Å². The molecule has 122 valence electrons. The molecule has 0 radical (unpaired) electrons. The lowest BCUT2D eigenvalue weighted by molar-refractivity contribution is 0.0697. The number of hydrogen-bond donors (Lipinski definition) is 1. The molecule has 2 rings (SSSR count). The Kier molecular flexibility index (Phi) is 5.08. The summed E-state index contributed by atoms with van der Waals surface area (Å²) in [6.45, 7) is 5.85. The van der Waals surface area contributed by atoms with Crippen LogP contribution in [-0.4, -0.2) is 50.0 Å². The van der Waals surface area contributed by atoms with Crippen LogP contribution in [0, 0.1) is 0 Å². The van der Waals surface area contributed by atoms with Gasteiger partial charge in [-0.15, -0.1) is 0 Å². The van der Waals surface area contributed by atoms with Crippen LogP contribution < -0.4 is 4.90 Å². The van der Waals surface area contributed by atoms with Gasteiger partial charge in [0, 0.05) is 26.2 Å². The van der Waals surface area contributed by atoms with Gasteiger partial charge < -0.3 is 10.0 Å². The summed E-state index contributed by atoms with van der Waals surface area (Å²) in [6.07, 6.45) is 2.05. The molecule has 1 aliphatic rings. The highest BCUT2D eigenvalue weighted by Gasteiger charge is 2.26. The van der Waals surface area contributed by atoms with E-state index in [1.807, 2.05) is 4.90 Å². The van der Waals surface area contributed by atoms with Crippen molar-refractivity contribution in [2.45, 2.75) is 31.6 Å². The zero-order valence-corrected chi connectivity index (χ0v) is 13.8. The third kappa shape index (κ3) is 3.10. The third-order valence-electron chi connectivity index (χ3n) is 3.99. The molecule has 1 fully saturated rings. The minimum atomic E-state index is -3.65. The molecule has 7 heteroatoms. The fourth-order valence-electron chi connectivity index (χ4n) is 2.79. The molecule has 1 aliphatic heterocycles. The number of benzene rings is 1. The van der Waals surface area contributed by atoms with Crippen molar-refractivity contribution in [1.82, 2.24) is 4.31 Å². The smallest absolute Gasteiger partial charge is 0.337 e. The summed E-state index contributed by atoms with van der Waals surface area (Å²) in [6, 6.07) is 4.41. The standard InChI is InChI=1S/C15H22N2O4S/c1-3-17(4-2)22(20,21)12-7-8-14(13(11-12)15(18)19)16-9-5-6-10-16/h7-8,11H,3-6,9-10H2,1-2H3,(H,18,19). The zero-order valence-electron chi connectivity index (χ0n) is 12.9. The number of anilines is 1. The predicted octanol–water partition coefficient (Wildman–Crippen LogP) is 2.02. The van der Waals surface area contributed by atoms with Crippen LogP contribution in [0.2, 0.25) is 0 Å². The number of aromatic carboxylic acids is 1. The summed E-state index contributed by atoms with van der Waals surface area (Å²) >= 11 is 0. The summed E-state index contributed by atoms with van der Waals surface area (Å²) in [5.74, 6) is -1.10. The van der Waals surface area contributed by atoms with E-state index in [1.54, 1.807) is 19.9 Å². The SMILES string of the molecule is CCN(CC)S(=O)(=O)c1ccc(N2CCCC2)c(C(=O)O)c1. The van der Waals surface area contributed by atoms with Gasteiger partial charge in [-0.1, -0.05) is 13.8 Å². The number of nitrogens with zero attached hydrogens (tertiary/aromatic N) is 2. The van der Waals surface area contributed by atoms with Gasteiger partial charge in [0.15, 0.2) is 0 Å². The Hall–Kier alpha value is -1.60. The quantitative estimate of drug-likeness (QED) is 0.865. The van der Waals surface area contributed by atoms with Gasteiger partial charge in [-0.3, -0.25) is 0 Å². The third-order valence-corrected chi connectivity index (χ3v) is 6.03. The van der Waals surface area contributed by atoms with Crippen LogP contribution in [-0.2, 0) is 10.0 Å². The van der Waals surface area contributed by atoms with Crippen LogP contribution in [0.4, 0.5) is 5.69 Å². The molecule has 1 aromatic carbocycles. The molecular formula is C15H22N2O4S. The molecule has 0 amide bonds. The van der Waals surface area contributed by atoms with Gasteiger partial charge in [-0.25, -0.2) is 13.2 Å². The van der Waals surface area contributed by atoms with E-state index in [9.17, 15) is 18.3 Å². The fraction of sp³-hybridized carbons (Fsp3) is 0.533. The Labute approximate surface area is 131 Å². The highest BCUT2D eigenvalue weighted by molar-refractivity contribution is 7.89. The molecule has 1 heterocycles. The summed E-state index contributed by atoms with van der Waals surface area (Å²) in [5.41, 5.74) is 0.652. The van der Waals surface area contributed by atoms with E-state index in [-0.39, 0.29) is 10.5 Å². The van der Waals surface area contributed by atoms with Crippen molar-refractivity contribution in [2.75, 3.05) is 31.1 Å². The zero-order chi connectivity index (χ0) is 16.3. The maximum atomic E-state index is 12.5. The first kappa shape index (κ1) is 16.8. The molecule has 0 saturated carbocycles. The molecule has 0 spiro atoms. The number of sulfonamides is 1. The lowest BCUT2D eigenvalue weighted by atomic mass is 10.1. The van der Waals surface area contributed by atoms with Crippen LogP contribution in [0.5, 0.6) is 0 Å². The average Bonchev–Trinajstić information content (AvgIpc) is 3.01. The molecule has 0 aromatic heterocycles. The summed E-state index contributed by atoms with van der Waals surface area (Å²) in [5, 5.41) is 9.43. The fourth-order valence-corrected chi connectivity index (χ4v) is 4.28. The number of carboxylic acid groups (broad SMARTS) is 1. The molecule has 0 unspecified atom stereocenters. The van der Waals surface area contributed by atoms with Crippen molar-refractivity contribution in [3.63, 3.8) is 0 Å². The van der Waals surface area contributed by atoms with Crippen LogP contribution in [0.3, 0.4) is 0 Å². The van der Waals surface area contributed by atoms with Gasteiger partial charge >= 0.3 is 5.97 Å². The van der Waals surface area contributed by atoms with E-state index >= 15 is 0 Å². The van der Waals surface area contributed by atoms with E-state index in [0.717, 1.165) is 25.9 Å². The Balaban J connectivity index is 2.47.